The van der Waals surface area contributed by atoms with Crippen molar-refractivity contribution < 1.29 is 13.6 Å². The number of piperazine rings is 1. The quantitative estimate of drug-likeness (QED) is 0.237. The predicted octanol–water partition coefficient (Wildman–Crippen LogP) is 6.24. The van der Waals surface area contributed by atoms with E-state index < -0.39 is 11.6 Å². The van der Waals surface area contributed by atoms with E-state index in [1.54, 1.807) is 12.1 Å². The van der Waals surface area contributed by atoms with Gasteiger partial charge in [-0.3, -0.25) is 9.69 Å². The minimum Gasteiger partial charge on any atom is -0.339 e. The number of carbonyl (C=O) groups excluding carboxylic acids is 1. The number of nitrogens with two attached hydrogens (primary N) is 1. The molecular weight excluding hydrogens is 570 g/mol. The first-order valence-electron chi connectivity index (χ1n) is 15.7. The van der Waals surface area contributed by atoms with E-state index in [0.29, 0.717) is 65.8 Å². The smallest absolute Gasteiger partial charge is 0.237 e. The molecule has 1 amide bonds. The molecule has 2 atom stereocenters. The number of amides is 1. The lowest BCUT2D eigenvalue weighted by Crippen LogP contribution is -2.48. The Labute approximate surface area is 260 Å². The summed E-state index contributed by atoms with van der Waals surface area (Å²) in [5.41, 5.74) is 10.7. The van der Waals surface area contributed by atoms with Crippen LogP contribution in [0.5, 0.6) is 0 Å². The number of nitrogens with zero attached hydrogens (tertiary/aromatic N) is 5. The van der Waals surface area contributed by atoms with Crippen LogP contribution in [0.15, 0.2) is 48.5 Å². The van der Waals surface area contributed by atoms with Crippen molar-refractivity contribution in [3.8, 4) is 17.2 Å². The van der Waals surface area contributed by atoms with Gasteiger partial charge in [0.1, 0.15) is 11.3 Å². The fourth-order valence-electron chi connectivity index (χ4n) is 7.34. The minimum absolute atomic E-state index is 0.0882. The number of likely N-dealkylation sites (N-methyl/N-ethyl adjacent to an activating group) is 1. The molecule has 2 N–H and O–H groups in total. The van der Waals surface area contributed by atoms with Crippen LogP contribution in [-0.4, -0.2) is 58.5 Å². The number of hydrogen-bond donors (Lipinski definition) is 1. The lowest BCUT2D eigenvalue weighted by Gasteiger charge is -2.40. The van der Waals surface area contributed by atoms with E-state index in [0.717, 1.165) is 41.4 Å². The average molecular weight is 607 g/mol. The number of rotatable bonds is 7. The Hall–Kier alpha value is -4.39. The Kier molecular flexibility index (Phi) is 7.50. The van der Waals surface area contributed by atoms with Gasteiger partial charge in [0, 0.05) is 53.3 Å². The summed E-state index contributed by atoms with van der Waals surface area (Å²) < 4.78 is 33.9. The van der Waals surface area contributed by atoms with Gasteiger partial charge in [-0.2, -0.15) is 5.26 Å². The van der Waals surface area contributed by atoms with Crippen molar-refractivity contribution in [3.63, 3.8) is 0 Å². The van der Waals surface area contributed by atoms with Gasteiger partial charge in [-0.1, -0.05) is 24.3 Å². The van der Waals surface area contributed by atoms with Crippen LogP contribution < -0.4 is 5.73 Å². The van der Waals surface area contributed by atoms with Crippen molar-refractivity contribution in [1.82, 2.24) is 19.4 Å². The van der Waals surface area contributed by atoms with Crippen LogP contribution in [-0.2, 0) is 17.8 Å². The van der Waals surface area contributed by atoms with Crippen LogP contribution in [0, 0.1) is 35.8 Å². The second kappa shape index (κ2) is 11.5. The maximum absolute atomic E-state index is 17.1. The number of carbonyl (C=O) groups is 1. The van der Waals surface area contributed by atoms with Gasteiger partial charge in [0.05, 0.1) is 24.7 Å². The van der Waals surface area contributed by atoms with Gasteiger partial charge in [0.2, 0.25) is 5.91 Å². The molecule has 0 bridgehead atoms. The third kappa shape index (κ3) is 4.93. The third-order valence-electron chi connectivity index (χ3n) is 9.86. The van der Waals surface area contributed by atoms with Gasteiger partial charge in [0.25, 0.3) is 0 Å². The molecule has 1 aliphatic carbocycles. The summed E-state index contributed by atoms with van der Waals surface area (Å²) in [6.07, 6.45) is 2.49. The number of aryl methyl sites for hydroxylation is 2. The maximum atomic E-state index is 17.1. The molecule has 5 aromatic rings. The molecule has 0 spiro atoms. The summed E-state index contributed by atoms with van der Waals surface area (Å²) >= 11 is 0. The average Bonchev–Trinajstić information content (AvgIpc) is 3.37. The Morgan fingerprint density at radius 3 is 2.64 bits per heavy atom. The Morgan fingerprint density at radius 1 is 1.07 bits per heavy atom. The Morgan fingerprint density at radius 2 is 1.91 bits per heavy atom. The number of benzene rings is 3. The molecule has 9 heteroatoms. The van der Waals surface area contributed by atoms with Crippen LogP contribution in [0.2, 0.25) is 0 Å². The SMILES string of the molecule is Cc1nc2c(F)c(-c3cccc4ccc(F)cc34)c(CCC#N)cc2c2c1cc(CN1CCN(C)CC1=O)n2[C@@H]1CC[C@@H]1CN. The number of nitriles is 1. The molecule has 2 aromatic heterocycles. The number of hydrogen-bond acceptors (Lipinski definition) is 5. The van der Waals surface area contributed by atoms with E-state index in [1.165, 1.54) is 12.1 Å². The number of fused-ring (bicyclic) bond motifs is 4. The Bertz CT molecular complexity index is 2030. The van der Waals surface area contributed by atoms with Gasteiger partial charge in [-0.05, 0) is 91.9 Å². The summed E-state index contributed by atoms with van der Waals surface area (Å²) in [5.74, 6) is -0.511. The normalized spacial score (nSPS) is 19.0. The fourth-order valence-corrected chi connectivity index (χ4v) is 7.34. The van der Waals surface area contributed by atoms with E-state index in [1.807, 2.05) is 42.0 Å². The molecule has 7 nitrogen and oxygen atoms in total. The summed E-state index contributed by atoms with van der Waals surface area (Å²) in [6.45, 7) is 4.73. The van der Waals surface area contributed by atoms with Crippen molar-refractivity contribution in [2.45, 2.75) is 45.2 Å². The van der Waals surface area contributed by atoms with Gasteiger partial charge in [0.15, 0.2) is 5.82 Å². The molecule has 3 heterocycles. The van der Waals surface area contributed by atoms with E-state index in [4.69, 9.17) is 10.7 Å². The number of aromatic nitrogens is 2. The molecule has 2 aliphatic rings. The molecule has 45 heavy (non-hydrogen) atoms. The Balaban J connectivity index is 1.50. The topological polar surface area (TPSA) is 91.2 Å². The highest BCUT2D eigenvalue weighted by molar-refractivity contribution is 6.09. The first kappa shape index (κ1) is 29.3. The maximum Gasteiger partial charge on any atom is 0.237 e. The fraction of sp³-hybridized carbons (Fsp3) is 0.361. The zero-order chi connectivity index (χ0) is 31.4. The molecule has 1 saturated carbocycles. The minimum atomic E-state index is -0.477. The highest BCUT2D eigenvalue weighted by Gasteiger charge is 2.35. The van der Waals surface area contributed by atoms with Gasteiger partial charge >= 0.3 is 0 Å². The lowest BCUT2D eigenvalue weighted by molar-refractivity contribution is -0.136. The van der Waals surface area contributed by atoms with E-state index in [2.05, 4.69) is 16.7 Å². The molecule has 0 unspecified atom stereocenters. The molecule has 230 valence electrons. The van der Waals surface area contributed by atoms with Crippen LogP contribution >= 0.6 is 0 Å². The van der Waals surface area contributed by atoms with Crippen LogP contribution in [0.4, 0.5) is 8.78 Å². The molecule has 7 rings (SSSR count). The molecule has 3 aromatic carbocycles. The van der Waals surface area contributed by atoms with Gasteiger partial charge in [-0.15, -0.1) is 0 Å². The first-order chi connectivity index (χ1) is 21.8. The van der Waals surface area contributed by atoms with Crippen molar-refractivity contribution in [1.29, 1.82) is 5.26 Å². The first-order valence-corrected chi connectivity index (χ1v) is 15.7. The van der Waals surface area contributed by atoms with Crippen LogP contribution in [0.1, 0.15) is 42.3 Å². The van der Waals surface area contributed by atoms with Crippen molar-refractivity contribution in [3.05, 3.63) is 77.1 Å². The lowest BCUT2D eigenvalue weighted by atomic mass is 9.79. The monoisotopic (exact) mass is 606 g/mol. The van der Waals surface area contributed by atoms with E-state index >= 15 is 4.39 Å². The number of pyridine rings is 1. The summed E-state index contributed by atoms with van der Waals surface area (Å²) in [6, 6.07) is 16.5. The summed E-state index contributed by atoms with van der Waals surface area (Å²) in [7, 11) is 1.95. The largest absolute Gasteiger partial charge is 0.339 e. The molecule has 1 aliphatic heterocycles. The molecule has 0 radical (unpaired) electrons. The van der Waals surface area contributed by atoms with Crippen LogP contribution in [0.3, 0.4) is 0 Å². The zero-order valence-corrected chi connectivity index (χ0v) is 25.6. The van der Waals surface area contributed by atoms with Crippen molar-refractivity contribution >= 4 is 38.5 Å². The number of halogens is 2. The third-order valence-corrected chi connectivity index (χ3v) is 9.86. The standard InChI is InChI=1S/C36H36F2N6O/c1-21-28-17-26(19-43-14-13-42(2)20-32(43)45)44(31-11-9-24(31)18-40)36(28)30-15-23(6-4-12-39)33(34(38)35(30)41-21)27-7-3-5-22-8-10-25(37)16-29(22)27/h3,5,7-8,10,15-17,24,31H,4,6,9,11,13-14,18-20,40H2,1-2H3/t24-,31-/m1/s1. The zero-order valence-electron chi connectivity index (χ0n) is 25.6. The van der Waals surface area contributed by atoms with Crippen LogP contribution in [0.25, 0.3) is 43.7 Å². The van der Waals surface area contributed by atoms with Gasteiger partial charge in [-0.25, -0.2) is 13.8 Å². The second-order valence-electron chi connectivity index (χ2n) is 12.6. The summed E-state index contributed by atoms with van der Waals surface area (Å²) in [4.78, 5) is 21.8. The predicted molar refractivity (Wildman–Crippen MR) is 172 cm³/mol. The van der Waals surface area contributed by atoms with Crippen molar-refractivity contribution in [2.24, 2.45) is 11.7 Å². The van der Waals surface area contributed by atoms with E-state index in [9.17, 15) is 14.4 Å². The van der Waals surface area contributed by atoms with Crippen molar-refractivity contribution in [2.75, 3.05) is 33.2 Å². The second-order valence-corrected chi connectivity index (χ2v) is 12.6. The highest BCUT2D eigenvalue weighted by atomic mass is 19.1. The molecular formula is C36H36F2N6O. The molecule has 1 saturated heterocycles. The molecule has 2 fully saturated rings. The van der Waals surface area contributed by atoms with E-state index in [-0.39, 0.29) is 29.8 Å². The summed E-state index contributed by atoms with van der Waals surface area (Å²) in [5, 5.41) is 12.5. The van der Waals surface area contributed by atoms with Gasteiger partial charge < -0.3 is 15.2 Å². The highest BCUT2D eigenvalue weighted by Crippen LogP contribution is 2.45.